The van der Waals surface area contributed by atoms with E-state index in [1.807, 2.05) is 26.8 Å². The lowest BCUT2D eigenvalue weighted by atomic mass is 9.92. The van der Waals surface area contributed by atoms with E-state index in [0.29, 0.717) is 16.2 Å². The van der Waals surface area contributed by atoms with Gasteiger partial charge < -0.3 is 10.8 Å². The van der Waals surface area contributed by atoms with Gasteiger partial charge in [0.2, 0.25) is 0 Å². The predicted octanol–water partition coefficient (Wildman–Crippen LogP) is 3.49. The average molecular weight is 366 g/mol. The molecule has 1 aromatic carbocycles. The molecule has 0 saturated heterocycles. The predicted molar refractivity (Wildman–Crippen MR) is 100 cm³/mol. The minimum absolute atomic E-state index is 0.000262. The van der Waals surface area contributed by atoms with E-state index in [2.05, 4.69) is 11.1 Å². The number of nitrogens with zero attached hydrogens (tertiary/aromatic N) is 3. The summed E-state index contributed by atoms with van der Waals surface area (Å²) in [6, 6.07) is 10.2. The number of thioether (sulfide) groups is 1. The summed E-state index contributed by atoms with van der Waals surface area (Å²) < 4.78 is 0. The van der Waals surface area contributed by atoms with Crippen molar-refractivity contribution in [3.8, 4) is 29.0 Å². The van der Waals surface area contributed by atoms with E-state index in [0.717, 1.165) is 11.8 Å². The third-order valence-corrected chi connectivity index (χ3v) is 4.72. The summed E-state index contributed by atoms with van der Waals surface area (Å²) in [4.78, 5) is 16.4. The number of phenolic OH excluding ortho intramolecular Hbond substituents is 1. The molecule has 7 heteroatoms. The van der Waals surface area contributed by atoms with E-state index in [4.69, 9.17) is 5.73 Å². The molecule has 0 radical (unpaired) electrons. The normalized spacial score (nSPS) is 10.8. The Labute approximate surface area is 156 Å². The van der Waals surface area contributed by atoms with Crippen LogP contribution in [-0.2, 0) is 4.79 Å². The molecular formula is C19H18N4O2S. The molecule has 0 aliphatic rings. The molecule has 132 valence electrons. The first-order valence-corrected chi connectivity index (χ1v) is 8.76. The molecule has 2 rings (SSSR count). The lowest BCUT2D eigenvalue weighted by Crippen LogP contribution is -2.22. The van der Waals surface area contributed by atoms with Crippen LogP contribution in [0.3, 0.4) is 0 Å². The number of benzene rings is 1. The van der Waals surface area contributed by atoms with Crippen molar-refractivity contribution in [2.75, 3.05) is 11.5 Å². The van der Waals surface area contributed by atoms with Crippen LogP contribution in [-0.4, -0.2) is 21.6 Å². The molecule has 1 aromatic heterocycles. The maximum absolute atomic E-state index is 12.2. The molecule has 0 aliphatic carbocycles. The minimum atomic E-state index is -0.502. The van der Waals surface area contributed by atoms with Crippen LogP contribution in [0.5, 0.6) is 5.75 Å². The first-order chi connectivity index (χ1) is 12.2. The summed E-state index contributed by atoms with van der Waals surface area (Å²) in [5.74, 6) is 0.228. The Morgan fingerprint density at radius 1 is 1.19 bits per heavy atom. The molecule has 0 unspecified atom stereocenters. The van der Waals surface area contributed by atoms with Crippen LogP contribution < -0.4 is 5.73 Å². The number of phenols is 1. The van der Waals surface area contributed by atoms with E-state index in [9.17, 15) is 20.4 Å². The molecule has 3 N–H and O–H groups in total. The standard InChI is InChI=1S/C19H18N4O2S/c1-19(2,3)15(25)10-26-18-14(9-21)16(13(8-20)17(22)23-18)11-4-6-12(24)7-5-11/h4-7,24H,10H2,1-3H3,(H2,22,23). The van der Waals surface area contributed by atoms with Crippen molar-refractivity contribution in [1.29, 1.82) is 10.5 Å². The third-order valence-electron chi connectivity index (χ3n) is 3.75. The van der Waals surface area contributed by atoms with Gasteiger partial charge in [-0.05, 0) is 17.7 Å². The summed E-state index contributed by atoms with van der Waals surface area (Å²) in [5, 5.41) is 28.9. The van der Waals surface area contributed by atoms with E-state index in [1.165, 1.54) is 12.1 Å². The SMILES string of the molecule is CC(C)(C)C(=O)CSc1nc(N)c(C#N)c(-c2ccc(O)cc2)c1C#N. The van der Waals surface area contributed by atoms with Gasteiger partial charge in [0.05, 0.1) is 11.3 Å². The highest BCUT2D eigenvalue weighted by Crippen LogP contribution is 2.36. The summed E-state index contributed by atoms with van der Waals surface area (Å²) in [6.07, 6.45) is 0. The second-order valence-electron chi connectivity index (χ2n) is 6.66. The minimum Gasteiger partial charge on any atom is -0.508 e. The molecule has 0 spiro atoms. The lowest BCUT2D eigenvalue weighted by Gasteiger charge is -2.17. The van der Waals surface area contributed by atoms with Crippen LogP contribution in [0.1, 0.15) is 31.9 Å². The molecule has 0 fully saturated rings. The molecule has 0 aliphatic heterocycles. The van der Waals surface area contributed by atoms with Crippen LogP contribution in [0.15, 0.2) is 29.3 Å². The zero-order valence-corrected chi connectivity index (χ0v) is 15.5. The smallest absolute Gasteiger partial charge is 0.148 e. The largest absolute Gasteiger partial charge is 0.508 e. The fourth-order valence-corrected chi connectivity index (χ4v) is 3.33. The second-order valence-corrected chi connectivity index (χ2v) is 7.62. The maximum atomic E-state index is 12.2. The summed E-state index contributed by atoms with van der Waals surface area (Å²) >= 11 is 1.13. The van der Waals surface area contributed by atoms with Crippen molar-refractivity contribution >= 4 is 23.4 Å². The molecule has 6 nitrogen and oxygen atoms in total. The number of pyridine rings is 1. The van der Waals surface area contributed by atoms with Gasteiger partial charge in [-0.25, -0.2) is 4.98 Å². The number of rotatable bonds is 4. The van der Waals surface area contributed by atoms with Gasteiger partial charge in [-0.3, -0.25) is 4.79 Å². The Balaban J connectivity index is 2.59. The van der Waals surface area contributed by atoms with Gasteiger partial charge in [0.15, 0.2) is 0 Å². The van der Waals surface area contributed by atoms with Gasteiger partial charge in [-0.15, -0.1) is 0 Å². The number of hydrogen-bond acceptors (Lipinski definition) is 7. The topological polar surface area (TPSA) is 124 Å². The summed E-state index contributed by atoms with van der Waals surface area (Å²) in [7, 11) is 0. The van der Waals surface area contributed by atoms with E-state index >= 15 is 0 Å². The number of aromatic hydroxyl groups is 1. The maximum Gasteiger partial charge on any atom is 0.148 e. The van der Waals surface area contributed by atoms with Gasteiger partial charge in [-0.2, -0.15) is 10.5 Å². The lowest BCUT2D eigenvalue weighted by molar-refractivity contribution is -0.123. The zero-order valence-electron chi connectivity index (χ0n) is 14.7. The van der Waals surface area contributed by atoms with Crippen molar-refractivity contribution in [2.45, 2.75) is 25.8 Å². The highest BCUT2D eigenvalue weighted by Gasteiger charge is 2.24. The van der Waals surface area contributed by atoms with Crippen molar-refractivity contribution in [3.05, 3.63) is 35.4 Å². The van der Waals surface area contributed by atoms with E-state index in [1.54, 1.807) is 12.1 Å². The average Bonchev–Trinajstić information content (AvgIpc) is 2.58. The molecule has 26 heavy (non-hydrogen) atoms. The molecule has 0 atom stereocenters. The Kier molecular flexibility index (Phi) is 5.54. The zero-order chi connectivity index (χ0) is 19.5. The van der Waals surface area contributed by atoms with Crippen molar-refractivity contribution in [2.24, 2.45) is 5.41 Å². The molecule has 1 heterocycles. The quantitative estimate of drug-likeness (QED) is 0.794. The van der Waals surface area contributed by atoms with Crippen molar-refractivity contribution in [3.63, 3.8) is 0 Å². The Bertz CT molecular complexity index is 932. The molecule has 0 amide bonds. The highest BCUT2D eigenvalue weighted by atomic mass is 32.2. The van der Waals surface area contributed by atoms with Crippen LogP contribution >= 0.6 is 11.8 Å². The first-order valence-electron chi connectivity index (χ1n) is 7.78. The molecule has 0 saturated carbocycles. The Morgan fingerprint density at radius 2 is 1.77 bits per heavy atom. The number of carbonyl (C=O) groups is 1. The van der Waals surface area contributed by atoms with Crippen LogP contribution in [0, 0.1) is 28.1 Å². The van der Waals surface area contributed by atoms with Crippen LogP contribution in [0.4, 0.5) is 5.82 Å². The number of nitrogen functional groups attached to an aromatic ring is 1. The number of hydrogen-bond donors (Lipinski definition) is 2. The number of nitrogens with two attached hydrogens (primary N) is 1. The van der Waals surface area contributed by atoms with Crippen molar-refractivity contribution in [1.82, 2.24) is 4.98 Å². The number of anilines is 1. The fraction of sp³-hybridized carbons (Fsp3) is 0.263. The third kappa shape index (κ3) is 3.96. The second kappa shape index (κ2) is 7.47. The Morgan fingerprint density at radius 3 is 2.27 bits per heavy atom. The van der Waals surface area contributed by atoms with Gasteiger partial charge in [0.25, 0.3) is 0 Å². The summed E-state index contributed by atoms with van der Waals surface area (Å²) in [5.41, 5.74) is 6.63. The number of carbonyl (C=O) groups excluding carboxylic acids is 1. The monoisotopic (exact) mass is 366 g/mol. The molecule has 0 bridgehead atoms. The van der Waals surface area contributed by atoms with E-state index < -0.39 is 5.41 Å². The van der Waals surface area contributed by atoms with Gasteiger partial charge in [-0.1, -0.05) is 44.7 Å². The number of nitriles is 2. The van der Waals surface area contributed by atoms with Crippen LogP contribution in [0.2, 0.25) is 0 Å². The fourth-order valence-electron chi connectivity index (χ4n) is 2.17. The first kappa shape index (κ1) is 19.3. The number of aromatic nitrogens is 1. The van der Waals surface area contributed by atoms with Gasteiger partial charge >= 0.3 is 0 Å². The summed E-state index contributed by atoms with van der Waals surface area (Å²) in [6.45, 7) is 5.47. The van der Waals surface area contributed by atoms with Gasteiger partial charge in [0, 0.05) is 11.0 Å². The van der Waals surface area contributed by atoms with Gasteiger partial charge in [0.1, 0.15) is 40.1 Å². The number of ketones is 1. The van der Waals surface area contributed by atoms with Crippen molar-refractivity contribution < 1.29 is 9.90 Å². The van der Waals surface area contributed by atoms with Crippen LogP contribution in [0.25, 0.3) is 11.1 Å². The molecule has 2 aromatic rings. The number of Topliss-reactive ketones (excluding diaryl/α,β-unsaturated/α-hetero) is 1. The van der Waals surface area contributed by atoms with E-state index in [-0.39, 0.29) is 34.2 Å². The Hall–Kier alpha value is -3.03. The molecular weight excluding hydrogens is 348 g/mol. The highest BCUT2D eigenvalue weighted by molar-refractivity contribution is 8.00.